The predicted octanol–water partition coefficient (Wildman–Crippen LogP) is 3.60. The van der Waals surface area contributed by atoms with Gasteiger partial charge in [-0.3, -0.25) is 4.99 Å². The van der Waals surface area contributed by atoms with Gasteiger partial charge in [0, 0.05) is 24.9 Å². The van der Waals surface area contributed by atoms with Gasteiger partial charge in [0.25, 0.3) is 0 Å². The van der Waals surface area contributed by atoms with E-state index in [-0.39, 0.29) is 0 Å². The Morgan fingerprint density at radius 2 is 1.78 bits per heavy atom. The summed E-state index contributed by atoms with van der Waals surface area (Å²) in [6.45, 7) is 6.21. The van der Waals surface area contributed by atoms with Crippen molar-refractivity contribution in [3.05, 3.63) is 53.6 Å². The maximum absolute atomic E-state index is 6.03. The first-order valence-corrected chi connectivity index (χ1v) is 9.20. The van der Waals surface area contributed by atoms with Crippen molar-refractivity contribution in [2.75, 3.05) is 32.2 Å². The Morgan fingerprint density at radius 3 is 2.52 bits per heavy atom. The SMILES string of the molecule is CCOc1ccc(CCN=C(N)Nc2ccccc2COC)cc1OCC. The minimum atomic E-state index is 0.384. The van der Waals surface area contributed by atoms with Crippen molar-refractivity contribution in [3.8, 4) is 11.5 Å². The molecule has 0 aliphatic rings. The van der Waals surface area contributed by atoms with E-state index in [1.165, 1.54) is 0 Å². The molecule has 0 aliphatic heterocycles. The molecule has 0 atom stereocenters. The highest BCUT2D eigenvalue weighted by molar-refractivity contribution is 5.92. The van der Waals surface area contributed by atoms with Gasteiger partial charge in [-0.1, -0.05) is 24.3 Å². The second-order valence-electron chi connectivity index (χ2n) is 5.88. The summed E-state index contributed by atoms with van der Waals surface area (Å²) in [7, 11) is 1.67. The number of aliphatic imine (C=N–C) groups is 1. The Balaban J connectivity index is 1.97. The van der Waals surface area contributed by atoms with Crippen LogP contribution in [0.25, 0.3) is 0 Å². The van der Waals surface area contributed by atoms with Gasteiger partial charge in [0.1, 0.15) is 0 Å². The molecule has 0 saturated heterocycles. The normalized spacial score (nSPS) is 11.3. The van der Waals surface area contributed by atoms with Gasteiger partial charge in [-0.05, 0) is 44.0 Å². The lowest BCUT2D eigenvalue weighted by atomic mass is 10.1. The number of hydrogen-bond donors (Lipinski definition) is 2. The largest absolute Gasteiger partial charge is 0.490 e. The van der Waals surface area contributed by atoms with Gasteiger partial charge in [-0.2, -0.15) is 0 Å². The molecule has 0 radical (unpaired) electrons. The van der Waals surface area contributed by atoms with E-state index in [4.69, 9.17) is 19.9 Å². The molecule has 0 spiro atoms. The Labute approximate surface area is 161 Å². The number of nitrogens with two attached hydrogens (primary N) is 1. The molecule has 3 N–H and O–H groups in total. The second-order valence-corrected chi connectivity index (χ2v) is 5.88. The zero-order chi connectivity index (χ0) is 19.5. The molecule has 0 fully saturated rings. The highest BCUT2D eigenvalue weighted by atomic mass is 16.5. The van der Waals surface area contributed by atoms with Crippen molar-refractivity contribution in [2.45, 2.75) is 26.9 Å². The molecule has 2 aromatic rings. The summed E-state index contributed by atoms with van der Waals surface area (Å²) in [5, 5.41) is 3.14. The molecule has 0 heterocycles. The van der Waals surface area contributed by atoms with Gasteiger partial charge in [0.2, 0.25) is 0 Å². The smallest absolute Gasteiger partial charge is 0.193 e. The lowest BCUT2D eigenvalue weighted by molar-refractivity contribution is 0.185. The van der Waals surface area contributed by atoms with Crippen LogP contribution in [0, 0.1) is 0 Å². The third-order valence-electron chi connectivity index (χ3n) is 3.87. The first kappa shape index (κ1) is 20.6. The van der Waals surface area contributed by atoms with Crippen LogP contribution in [0.3, 0.4) is 0 Å². The number of hydrogen-bond acceptors (Lipinski definition) is 4. The van der Waals surface area contributed by atoms with Crippen LogP contribution in [0.4, 0.5) is 5.69 Å². The van der Waals surface area contributed by atoms with Crippen molar-refractivity contribution in [3.63, 3.8) is 0 Å². The molecule has 0 unspecified atom stereocenters. The van der Waals surface area contributed by atoms with Gasteiger partial charge in [0.05, 0.1) is 19.8 Å². The van der Waals surface area contributed by atoms with E-state index in [1.54, 1.807) is 7.11 Å². The van der Waals surface area contributed by atoms with Crippen molar-refractivity contribution in [1.29, 1.82) is 0 Å². The van der Waals surface area contributed by atoms with Gasteiger partial charge in [-0.15, -0.1) is 0 Å². The van der Waals surface area contributed by atoms with E-state index in [2.05, 4.69) is 10.3 Å². The van der Waals surface area contributed by atoms with Crippen LogP contribution in [0.15, 0.2) is 47.5 Å². The third kappa shape index (κ3) is 6.49. The monoisotopic (exact) mass is 371 g/mol. The fourth-order valence-electron chi connectivity index (χ4n) is 2.66. The van der Waals surface area contributed by atoms with Crippen molar-refractivity contribution < 1.29 is 14.2 Å². The lowest BCUT2D eigenvalue weighted by Gasteiger charge is -2.12. The summed E-state index contributed by atoms with van der Waals surface area (Å²) in [5.74, 6) is 1.91. The Bertz CT molecular complexity index is 747. The van der Waals surface area contributed by atoms with Crippen molar-refractivity contribution >= 4 is 11.6 Å². The summed E-state index contributed by atoms with van der Waals surface area (Å²) in [4.78, 5) is 4.42. The summed E-state index contributed by atoms with van der Waals surface area (Å²) >= 11 is 0. The van der Waals surface area contributed by atoms with Crippen LogP contribution < -0.4 is 20.5 Å². The number of para-hydroxylation sites is 1. The predicted molar refractivity (Wildman–Crippen MR) is 110 cm³/mol. The Hall–Kier alpha value is -2.73. The molecule has 0 aliphatic carbocycles. The van der Waals surface area contributed by atoms with Crippen LogP contribution in [-0.4, -0.2) is 32.8 Å². The maximum Gasteiger partial charge on any atom is 0.193 e. The van der Waals surface area contributed by atoms with Gasteiger partial charge < -0.3 is 25.3 Å². The van der Waals surface area contributed by atoms with E-state index < -0.39 is 0 Å². The number of nitrogens with zero attached hydrogens (tertiary/aromatic N) is 1. The van der Waals surface area contributed by atoms with Crippen LogP contribution >= 0.6 is 0 Å². The first-order chi connectivity index (χ1) is 13.2. The average Bonchev–Trinajstić information content (AvgIpc) is 2.66. The molecule has 0 amide bonds. The number of benzene rings is 2. The number of methoxy groups -OCH3 is 1. The van der Waals surface area contributed by atoms with Gasteiger partial charge in [-0.25, -0.2) is 0 Å². The van der Waals surface area contributed by atoms with E-state index in [0.717, 1.165) is 34.7 Å². The number of anilines is 1. The average molecular weight is 371 g/mol. The van der Waals surface area contributed by atoms with Gasteiger partial charge >= 0.3 is 0 Å². The molecule has 0 saturated carbocycles. The topological polar surface area (TPSA) is 78.1 Å². The molecule has 6 heteroatoms. The lowest BCUT2D eigenvalue weighted by Crippen LogP contribution is -2.23. The Morgan fingerprint density at radius 1 is 1.04 bits per heavy atom. The quantitative estimate of drug-likeness (QED) is 0.493. The zero-order valence-corrected chi connectivity index (χ0v) is 16.3. The minimum Gasteiger partial charge on any atom is -0.490 e. The molecule has 146 valence electrons. The summed E-state index contributed by atoms with van der Waals surface area (Å²) < 4.78 is 16.5. The van der Waals surface area contributed by atoms with Gasteiger partial charge in [0.15, 0.2) is 17.5 Å². The maximum atomic E-state index is 6.03. The van der Waals surface area contributed by atoms with Crippen molar-refractivity contribution in [2.24, 2.45) is 10.7 Å². The number of guanidine groups is 1. The fourth-order valence-corrected chi connectivity index (χ4v) is 2.66. The molecule has 2 rings (SSSR count). The molecule has 0 bridgehead atoms. The molecular formula is C21H29N3O3. The Kier molecular flexibility index (Phi) is 8.45. The molecule has 2 aromatic carbocycles. The number of ether oxygens (including phenoxy) is 3. The van der Waals surface area contributed by atoms with Crippen LogP contribution in [0.1, 0.15) is 25.0 Å². The fraction of sp³-hybridized carbons (Fsp3) is 0.381. The zero-order valence-electron chi connectivity index (χ0n) is 16.3. The number of rotatable bonds is 10. The van der Waals surface area contributed by atoms with E-state index >= 15 is 0 Å². The highest BCUT2D eigenvalue weighted by Gasteiger charge is 2.06. The molecule has 0 aromatic heterocycles. The molecule has 27 heavy (non-hydrogen) atoms. The third-order valence-corrected chi connectivity index (χ3v) is 3.87. The first-order valence-electron chi connectivity index (χ1n) is 9.20. The standard InChI is InChI=1S/C21H29N3O3/c1-4-26-19-11-10-16(14-20(19)27-5-2)12-13-23-21(22)24-18-9-7-6-8-17(18)15-25-3/h6-11,14H,4-5,12-13,15H2,1-3H3,(H3,22,23,24). The van der Waals surface area contributed by atoms with E-state index in [9.17, 15) is 0 Å². The second kappa shape index (κ2) is 11.1. The summed E-state index contributed by atoms with van der Waals surface area (Å²) in [5.41, 5.74) is 9.09. The van der Waals surface area contributed by atoms with E-state index in [0.29, 0.717) is 32.3 Å². The minimum absolute atomic E-state index is 0.384. The molecule has 6 nitrogen and oxygen atoms in total. The van der Waals surface area contributed by atoms with Crippen LogP contribution in [0.5, 0.6) is 11.5 Å². The summed E-state index contributed by atoms with van der Waals surface area (Å²) in [6, 6.07) is 13.8. The highest BCUT2D eigenvalue weighted by Crippen LogP contribution is 2.28. The molecular weight excluding hydrogens is 342 g/mol. The van der Waals surface area contributed by atoms with E-state index in [1.807, 2.05) is 56.3 Å². The van der Waals surface area contributed by atoms with Crippen molar-refractivity contribution in [1.82, 2.24) is 0 Å². The summed E-state index contributed by atoms with van der Waals surface area (Å²) in [6.07, 6.45) is 0.759. The number of nitrogens with one attached hydrogen (secondary N) is 1. The van der Waals surface area contributed by atoms with Crippen LogP contribution in [0.2, 0.25) is 0 Å². The van der Waals surface area contributed by atoms with Crippen LogP contribution in [-0.2, 0) is 17.8 Å².